The number of ether oxygens (including phenoxy) is 1. The molecule has 19 heavy (non-hydrogen) atoms. The number of esters is 1. The van der Waals surface area contributed by atoms with Crippen molar-refractivity contribution in [1.29, 1.82) is 0 Å². The van der Waals surface area contributed by atoms with Gasteiger partial charge in [0.25, 0.3) is 0 Å². The first-order chi connectivity index (χ1) is 8.97. The van der Waals surface area contributed by atoms with Gasteiger partial charge in [-0.3, -0.25) is 9.59 Å². The quantitative estimate of drug-likeness (QED) is 0.707. The summed E-state index contributed by atoms with van der Waals surface area (Å²) in [5.41, 5.74) is 0. The Morgan fingerprint density at radius 2 is 2.05 bits per heavy atom. The lowest BCUT2D eigenvalue weighted by molar-refractivity contribution is -0.151. The van der Waals surface area contributed by atoms with E-state index in [0.717, 1.165) is 0 Å². The first kappa shape index (κ1) is 15.1. The third-order valence-electron chi connectivity index (χ3n) is 2.70. The van der Waals surface area contributed by atoms with Crippen LogP contribution in [0, 0.1) is 0 Å². The third-order valence-corrected chi connectivity index (χ3v) is 2.70. The highest BCUT2D eigenvalue weighted by Gasteiger charge is 2.26. The van der Waals surface area contributed by atoms with Gasteiger partial charge in [0.2, 0.25) is 5.91 Å². The second kappa shape index (κ2) is 6.86. The highest BCUT2D eigenvalue weighted by Crippen LogP contribution is 2.11. The third kappa shape index (κ3) is 4.04. The summed E-state index contributed by atoms with van der Waals surface area (Å²) < 4.78 is 6.34. The Balaban J connectivity index is 2.76. The number of amides is 1. The van der Waals surface area contributed by atoms with Crippen molar-refractivity contribution in [3.63, 3.8) is 0 Å². The average molecular weight is 268 g/mol. The van der Waals surface area contributed by atoms with Gasteiger partial charge in [-0.15, -0.1) is 0 Å². The Bertz CT molecular complexity index is 417. The van der Waals surface area contributed by atoms with Crippen LogP contribution in [0.3, 0.4) is 0 Å². The molecule has 1 amide bonds. The van der Waals surface area contributed by atoms with E-state index in [4.69, 9.17) is 4.74 Å². The number of hydrogen-bond donors (Lipinski definition) is 0. The number of carbonyl (C=O) groups excluding carboxylic acids is 2. The molecular weight excluding hydrogens is 248 g/mol. The second-order valence-corrected chi connectivity index (χ2v) is 4.42. The number of hydrogen-bond acceptors (Lipinski definition) is 5. The van der Waals surface area contributed by atoms with Crippen LogP contribution in [0.25, 0.3) is 0 Å². The van der Waals surface area contributed by atoms with Crippen molar-refractivity contribution < 1.29 is 14.3 Å². The van der Waals surface area contributed by atoms with Crippen molar-refractivity contribution in [2.45, 2.75) is 39.8 Å². The number of aromatic nitrogens is 3. The first-order valence-corrected chi connectivity index (χ1v) is 6.27. The van der Waals surface area contributed by atoms with E-state index < -0.39 is 12.0 Å². The van der Waals surface area contributed by atoms with Crippen LogP contribution in [0.5, 0.6) is 0 Å². The van der Waals surface area contributed by atoms with Gasteiger partial charge in [0.15, 0.2) is 0 Å². The van der Waals surface area contributed by atoms with Crippen molar-refractivity contribution >= 4 is 11.9 Å². The van der Waals surface area contributed by atoms with E-state index in [2.05, 4.69) is 10.1 Å². The summed E-state index contributed by atoms with van der Waals surface area (Å²) in [5, 5.41) is 3.94. The van der Waals surface area contributed by atoms with E-state index in [1.807, 2.05) is 13.8 Å². The van der Waals surface area contributed by atoms with Crippen molar-refractivity contribution in [3.8, 4) is 0 Å². The fourth-order valence-electron chi connectivity index (χ4n) is 1.63. The van der Waals surface area contributed by atoms with Crippen LogP contribution in [-0.2, 0) is 14.3 Å². The van der Waals surface area contributed by atoms with E-state index in [0.29, 0.717) is 6.61 Å². The van der Waals surface area contributed by atoms with Crippen LogP contribution in [0.1, 0.15) is 33.7 Å². The topological polar surface area (TPSA) is 77.3 Å². The van der Waals surface area contributed by atoms with Gasteiger partial charge >= 0.3 is 5.97 Å². The molecule has 0 fully saturated rings. The average Bonchev–Trinajstić information content (AvgIpc) is 2.88. The molecule has 0 saturated carbocycles. The molecule has 0 spiro atoms. The minimum absolute atomic E-state index is 0.0522. The molecule has 0 radical (unpaired) electrons. The van der Waals surface area contributed by atoms with Crippen molar-refractivity contribution in [1.82, 2.24) is 19.7 Å². The summed E-state index contributed by atoms with van der Waals surface area (Å²) in [4.78, 5) is 29.2. The number of rotatable bonds is 6. The normalized spacial score (nSPS) is 12.3. The summed E-state index contributed by atoms with van der Waals surface area (Å²) in [6, 6.07) is -0.595. The van der Waals surface area contributed by atoms with Gasteiger partial charge in [0.1, 0.15) is 25.2 Å². The van der Waals surface area contributed by atoms with Gasteiger partial charge in [-0.05, 0) is 27.7 Å². The molecule has 1 aromatic heterocycles. The molecule has 0 bridgehead atoms. The Kier molecular flexibility index (Phi) is 5.47. The van der Waals surface area contributed by atoms with E-state index in [9.17, 15) is 9.59 Å². The fourth-order valence-corrected chi connectivity index (χ4v) is 1.63. The molecule has 0 aliphatic rings. The number of nitrogens with zero attached hydrogens (tertiary/aromatic N) is 4. The second-order valence-electron chi connectivity index (χ2n) is 4.42. The maximum atomic E-state index is 12.4. The molecule has 106 valence electrons. The van der Waals surface area contributed by atoms with Gasteiger partial charge in [-0.2, -0.15) is 5.10 Å². The summed E-state index contributed by atoms with van der Waals surface area (Å²) in [6.45, 7) is 7.41. The Hall–Kier alpha value is -1.92. The highest BCUT2D eigenvalue weighted by atomic mass is 16.5. The van der Waals surface area contributed by atoms with Crippen LogP contribution in [0.15, 0.2) is 12.7 Å². The zero-order chi connectivity index (χ0) is 14.4. The Labute approximate surface area is 112 Å². The summed E-state index contributed by atoms with van der Waals surface area (Å²) >= 11 is 0. The minimum Gasteiger partial charge on any atom is -0.465 e. The van der Waals surface area contributed by atoms with Crippen molar-refractivity contribution in [3.05, 3.63) is 12.7 Å². The lowest BCUT2D eigenvalue weighted by Gasteiger charge is -2.28. The minimum atomic E-state index is -0.501. The van der Waals surface area contributed by atoms with Gasteiger partial charge in [0.05, 0.1) is 6.61 Å². The van der Waals surface area contributed by atoms with Crippen molar-refractivity contribution in [2.75, 3.05) is 13.2 Å². The van der Waals surface area contributed by atoms with Gasteiger partial charge in [0, 0.05) is 6.04 Å². The summed E-state index contributed by atoms with van der Waals surface area (Å²) in [7, 11) is 0. The number of carbonyl (C=O) groups is 2. The van der Waals surface area contributed by atoms with Gasteiger partial charge in [-0.25, -0.2) is 9.67 Å². The van der Waals surface area contributed by atoms with Gasteiger partial charge in [-0.1, -0.05) is 0 Å². The smallest absolute Gasteiger partial charge is 0.325 e. The predicted molar refractivity (Wildman–Crippen MR) is 68.2 cm³/mol. The molecule has 0 aliphatic heterocycles. The standard InChI is InChI=1S/C12H20N4O3/c1-5-19-11(17)6-15(9(2)3)12(18)10(4)16-8-13-7-14-16/h7-10H,5-6H2,1-4H3. The zero-order valence-corrected chi connectivity index (χ0v) is 11.7. The van der Waals surface area contributed by atoms with Crippen LogP contribution in [-0.4, -0.2) is 50.7 Å². The molecule has 0 saturated heterocycles. The zero-order valence-electron chi connectivity index (χ0n) is 11.7. The molecule has 1 unspecified atom stereocenters. The molecule has 0 aromatic carbocycles. The summed E-state index contributed by atoms with van der Waals surface area (Å²) in [5.74, 6) is -0.594. The highest BCUT2D eigenvalue weighted by molar-refractivity contribution is 5.84. The first-order valence-electron chi connectivity index (χ1n) is 6.27. The van der Waals surface area contributed by atoms with Crippen LogP contribution >= 0.6 is 0 Å². The maximum Gasteiger partial charge on any atom is 0.325 e. The molecule has 1 rings (SSSR count). The SMILES string of the molecule is CCOC(=O)CN(C(=O)C(C)n1cncn1)C(C)C. The van der Waals surface area contributed by atoms with Gasteiger partial charge < -0.3 is 9.64 Å². The summed E-state index contributed by atoms with van der Waals surface area (Å²) in [6.07, 6.45) is 2.85. The maximum absolute atomic E-state index is 12.4. The van der Waals surface area contributed by atoms with E-state index in [-0.39, 0.29) is 18.5 Å². The largest absolute Gasteiger partial charge is 0.465 e. The molecule has 1 aromatic rings. The molecule has 1 atom stereocenters. The monoisotopic (exact) mass is 268 g/mol. The molecule has 7 heteroatoms. The van der Waals surface area contributed by atoms with E-state index in [1.54, 1.807) is 13.8 Å². The Morgan fingerprint density at radius 1 is 1.37 bits per heavy atom. The predicted octanol–water partition coefficient (Wildman–Crippen LogP) is 0.639. The van der Waals surface area contributed by atoms with Crippen LogP contribution in [0.2, 0.25) is 0 Å². The van der Waals surface area contributed by atoms with E-state index >= 15 is 0 Å². The molecule has 0 aliphatic carbocycles. The van der Waals surface area contributed by atoms with Crippen LogP contribution in [0.4, 0.5) is 0 Å². The molecule has 7 nitrogen and oxygen atoms in total. The van der Waals surface area contributed by atoms with Crippen molar-refractivity contribution in [2.24, 2.45) is 0 Å². The lowest BCUT2D eigenvalue weighted by atomic mass is 10.2. The molecule has 0 N–H and O–H groups in total. The Morgan fingerprint density at radius 3 is 2.53 bits per heavy atom. The van der Waals surface area contributed by atoms with Crippen LogP contribution < -0.4 is 0 Å². The van der Waals surface area contributed by atoms with E-state index in [1.165, 1.54) is 22.2 Å². The fraction of sp³-hybridized carbons (Fsp3) is 0.667. The lowest BCUT2D eigenvalue weighted by Crippen LogP contribution is -2.44. The molecular formula is C12H20N4O3. The molecule has 1 heterocycles.